The second-order valence-electron chi connectivity index (χ2n) is 8.98. The van der Waals surface area contributed by atoms with E-state index in [-0.39, 0.29) is 23.0 Å². The standard InChI is InChI=1S/C25H26F2N2O3/c1-31-19-4-2-17(3-5-19)14-32-22-20(26)12-18(13-21(22)27)23(30)29-16-25-9-6-24(15-28,7-10-25)8-11-25/h2-5,12-13H,6-11,14,16H2,1H3,(H,29,30)/t24-,25+. The summed E-state index contributed by atoms with van der Waals surface area (Å²) in [5, 5.41) is 12.3. The van der Waals surface area contributed by atoms with E-state index in [0.717, 1.165) is 56.2 Å². The number of nitriles is 1. The van der Waals surface area contributed by atoms with Crippen LogP contribution >= 0.6 is 0 Å². The number of benzene rings is 2. The van der Waals surface area contributed by atoms with Gasteiger partial charge in [-0.15, -0.1) is 0 Å². The lowest BCUT2D eigenvalue weighted by atomic mass is 9.54. The monoisotopic (exact) mass is 440 g/mol. The van der Waals surface area contributed by atoms with Gasteiger partial charge in [0.2, 0.25) is 0 Å². The Labute approximate surface area is 186 Å². The van der Waals surface area contributed by atoms with Crippen LogP contribution in [0.25, 0.3) is 0 Å². The molecule has 0 radical (unpaired) electrons. The average Bonchev–Trinajstić information content (AvgIpc) is 2.83. The summed E-state index contributed by atoms with van der Waals surface area (Å²) in [6.07, 6.45) is 5.22. The summed E-state index contributed by atoms with van der Waals surface area (Å²) in [5.74, 6) is -2.19. The van der Waals surface area contributed by atoms with Crippen LogP contribution < -0.4 is 14.8 Å². The first-order chi connectivity index (χ1) is 15.4. The number of rotatable bonds is 7. The Morgan fingerprint density at radius 3 is 2.19 bits per heavy atom. The van der Waals surface area contributed by atoms with Crippen molar-refractivity contribution < 1.29 is 23.0 Å². The second kappa shape index (κ2) is 8.78. The van der Waals surface area contributed by atoms with Crippen molar-refractivity contribution in [1.82, 2.24) is 5.32 Å². The molecule has 0 aliphatic heterocycles. The lowest BCUT2D eigenvalue weighted by Crippen LogP contribution is -2.47. The minimum Gasteiger partial charge on any atom is -0.497 e. The van der Waals surface area contributed by atoms with Crippen LogP contribution in [0.15, 0.2) is 36.4 Å². The molecule has 1 amide bonds. The Hall–Kier alpha value is -3.14. The highest BCUT2D eigenvalue weighted by Crippen LogP contribution is 2.56. The minimum atomic E-state index is -0.920. The van der Waals surface area contributed by atoms with E-state index >= 15 is 0 Å². The third-order valence-electron chi connectivity index (χ3n) is 7.07. The van der Waals surface area contributed by atoms with E-state index in [1.165, 1.54) is 0 Å². The molecule has 0 aromatic heterocycles. The Bertz CT molecular complexity index is 999. The fraction of sp³-hybridized carbons (Fsp3) is 0.440. The molecule has 3 fully saturated rings. The number of nitrogens with one attached hydrogen (secondary N) is 1. The Morgan fingerprint density at radius 2 is 1.66 bits per heavy atom. The average molecular weight is 440 g/mol. The molecular formula is C25H26F2N2O3. The quantitative estimate of drug-likeness (QED) is 0.647. The van der Waals surface area contributed by atoms with Gasteiger partial charge in [0.05, 0.1) is 18.6 Å². The summed E-state index contributed by atoms with van der Waals surface area (Å²) in [6.45, 7) is 0.433. The summed E-state index contributed by atoms with van der Waals surface area (Å²) in [5.41, 5.74) is 0.434. The summed E-state index contributed by atoms with van der Waals surface area (Å²) in [4.78, 5) is 12.6. The molecule has 1 N–H and O–H groups in total. The molecule has 32 heavy (non-hydrogen) atoms. The number of carbonyl (C=O) groups excluding carboxylic acids is 1. The van der Waals surface area contributed by atoms with Gasteiger partial charge in [0.25, 0.3) is 5.91 Å². The van der Waals surface area contributed by atoms with Crippen molar-refractivity contribution in [3.8, 4) is 17.6 Å². The molecular weight excluding hydrogens is 414 g/mol. The fourth-order valence-corrected chi connectivity index (χ4v) is 4.77. The number of hydrogen-bond acceptors (Lipinski definition) is 4. The first-order valence-corrected chi connectivity index (χ1v) is 10.8. The van der Waals surface area contributed by atoms with Gasteiger partial charge >= 0.3 is 0 Å². The van der Waals surface area contributed by atoms with Crippen LogP contribution in [0.1, 0.15) is 54.4 Å². The zero-order chi connectivity index (χ0) is 22.8. The predicted octanol–water partition coefficient (Wildman–Crippen LogP) is 5.15. The van der Waals surface area contributed by atoms with Gasteiger partial charge < -0.3 is 14.8 Å². The topological polar surface area (TPSA) is 71.3 Å². The van der Waals surface area contributed by atoms with E-state index in [9.17, 15) is 18.8 Å². The smallest absolute Gasteiger partial charge is 0.251 e. The molecule has 0 atom stereocenters. The van der Waals surface area contributed by atoms with Gasteiger partial charge in [0.15, 0.2) is 17.4 Å². The summed E-state index contributed by atoms with van der Waals surface area (Å²) in [7, 11) is 1.55. The van der Waals surface area contributed by atoms with E-state index in [4.69, 9.17) is 9.47 Å². The molecule has 2 aromatic carbocycles. The molecule has 168 valence electrons. The van der Waals surface area contributed by atoms with Gasteiger partial charge in [-0.3, -0.25) is 4.79 Å². The fourth-order valence-electron chi connectivity index (χ4n) is 4.77. The molecule has 0 unspecified atom stereocenters. The maximum atomic E-state index is 14.5. The van der Waals surface area contributed by atoms with E-state index in [0.29, 0.717) is 12.3 Å². The summed E-state index contributed by atoms with van der Waals surface area (Å²) >= 11 is 0. The first-order valence-electron chi connectivity index (χ1n) is 10.8. The van der Waals surface area contributed by atoms with Crippen molar-refractivity contribution in [2.24, 2.45) is 10.8 Å². The molecule has 5 rings (SSSR count). The van der Waals surface area contributed by atoms with E-state index in [1.807, 2.05) is 0 Å². The lowest BCUT2D eigenvalue weighted by molar-refractivity contribution is 0.0260. The highest BCUT2D eigenvalue weighted by atomic mass is 19.1. The zero-order valence-electron chi connectivity index (χ0n) is 18.0. The van der Waals surface area contributed by atoms with Gasteiger partial charge in [0, 0.05) is 12.1 Å². The summed E-state index contributed by atoms with van der Waals surface area (Å²) in [6, 6.07) is 11.4. The van der Waals surface area contributed by atoms with Gasteiger partial charge in [-0.05, 0) is 73.8 Å². The molecule has 3 aliphatic rings. The van der Waals surface area contributed by atoms with Crippen LogP contribution in [0.2, 0.25) is 0 Å². The largest absolute Gasteiger partial charge is 0.497 e. The number of nitrogens with zero attached hydrogens (tertiary/aromatic N) is 1. The van der Waals surface area contributed by atoms with Crippen molar-refractivity contribution in [3.05, 3.63) is 59.2 Å². The van der Waals surface area contributed by atoms with Crippen LogP contribution in [-0.4, -0.2) is 19.6 Å². The number of hydrogen-bond donors (Lipinski definition) is 1. The van der Waals surface area contributed by atoms with Crippen LogP contribution in [0.4, 0.5) is 8.78 Å². The number of fused-ring (bicyclic) bond motifs is 3. The maximum absolute atomic E-state index is 14.5. The van der Waals surface area contributed by atoms with Crippen LogP contribution in [-0.2, 0) is 6.61 Å². The Morgan fingerprint density at radius 1 is 1.06 bits per heavy atom. The Kier molecular flexibility index (Phi) is 6.05. The van der Waals surface area contributed by atoms with Crippen molar-refractivity contribution >= 4 is 5.91 Å². The van der Waals surface area contributed by atoms with Crippen molar-refractivity contribution in [1.29, 1.82) is 5.26 Å². The molecule has 7 heteroatoms. The number of amides is 1. The van der Waals surface area contributed by atoms with Gasteiger partial charge in [-0.2, -0.15) is 5.26 Å². The number of carbonyl (C=O) groups is 1. The molecule has 0 spiro atoms. The van der Waals surface area contributed by atoms with Crippen LogP contribution in [0.3, 0.4) is 0 Å². The predicted molar refractivity (Wildman–Crippen MR) is 114 cm³/mol. The van der Waals surface area contributed by atoms with Crippen molar-refractivity contribution in [3.63, 3.8) is 0 Å². The van der Waals surface area contributed by atoms with Crippen LogP contribution in [0.5, 0.6) is 11.5 Å². The molecule has 2 aromatic rings. The number of methoxy groups -OCH3 is 1. The minimum absolute atomic E-state index is 0.0178. The third-order valence-corrected chi connectivity index (χ3v) is 7.07. The number of ether oxygens (including phenoxy) is 2. The molecule has 0 saturated heterocycles. The Balaban J connectivity index is 1.37. The maximum Gasteiger partial charge on any atom is 0.251 e. The summed E-state index contributed by atoms with van der Waals surface area (Å²) < 4.78 is 39.4. The van der Waals surface area contributed by atoms with Crippen LogP contribution in [0, 0.1) is 33.8 Å². The van der Waals surface area contributed by atoms with Crippen molar-refractivity contribution in [2.45, 2.75) is 45.1 Å². The number of halogens is 2. The molecule has 3 saturated carbocycles. The van der Waals surface area contributed by atoms with Gasteiger partial charge in [0.1, 0.15) is 12.4 Å². The highest BCUT2D eigenvalue weighted by Gasteiger charge is 2.48. The molecule has 0 heterocycles. The van der Waals surface area contributed by atoms with E-state index in [2.05, 4.69) is 11.4 Å². The highest BCUT2D eigenvalue weighted by molar-refractivity contribution is 5.94. The molecule has 2 bridgehead atoms. The van der Waals surface area contributed by atoms with Gasteiger partial charge in [-0.1, -0.05) is 12.1 Å². The van der Waals surface area contributed by atoms with Gasteiger partial charge in [-0.25, -0.2) is 8.78 Å². The normalized spacial score (nSPS) is 23.9. The molecule has 5 nitrogen and oxygen atoms in total. The van der Waals surface area contributed by atoms with E-state index in [1.54, 1.807) is 31.4 Å². The zero-order valence-corrected chi connectivity index (χ0v) is 18.0. The van der Waals surface area contributed by atoms with Crippen molar-refractivity contribution in [2.75, 3.05) is 13.7 Å². The second-order valence-corrected chi connectivity index (χ2v) is 8.98. The molecule has 3 aliphatic carbocycles. The third kappa shape index (κ3) is 4.40. The lowest BCUT2D eigenvalue weighted by Gasteiger charge is -2.50. The van der Waals surface area contributed by atoms with E-state index < -0.39 is 23.3 Å². The first kappa shape index (κ1) is 22.1. The SMILES string of the molecule is COc1ccc(COc2c(F)cc(C(=O)NC[C@]34CC[C@](C#N)(CC3)CC4)cc2F)cc1.